The minimum atomic E-state index is -0.182. The molecule has 0 aliphatic heterocycles. The Balaban J connectivity index is 2.10. The SMILES string of the molecule is CC(NC(=O)c1ccncc1Cl)c1cccs1. The highest BCUT2D eigenvalue weighted by Crippen LogP contribution is 2.20. The van der Waals surface area contributed by atoms with Crippen LogP contribution in [0.3, 0.4) is 0 Å². The number of rotatable bonds is 3. The summed E-state index contributed by atoms with van der Waals surface area (Å²) in [7, 11) is 0. The quantitative estimate of drug-likeness (QED) is 0.926. The monoisotopic (exact) mass is 266 g/mol. The molecule has 3 nitrogen and oxygen atoms in total. The number of carbonyl (C=O) groups is 1. The number of amides is 1. The summed E-state index contributed by atoms with van der Waals surface area (Å²) in [6.45, 7) is 1.94. The van der Waals surface area contributed by atoms with Gasteiger partial charge in [-0.2, -0.15) is 0 Å². The van der Waals surface area contributed by atoms with Gasteiger partial charge in [-0.15, -0.1) is 11.3 Å². The van der Waals surface area contributed by atoms with Crippen molar-refractivity contribution in [2.75, 3.05) is 0 Å². The zero-order valence-corrected chi connectivity index (χ0v) is 10.8. The Morgan fingerprint density at radius 1 is 1.53 bits per heavy atom. The minimum Gasteiger partial charge on any atom is -0.345 e. The molecule has 0 fully saturated rings. The Morgan fingerprint density at radius 3 is 3.00 bits per heavy atom. The molecule has 17 heavy (non-hydrogen) atoms. The molecule has 0 saturated carbocycles. The first-order valence-corrected chi connectivity index (χ1v) is 6.38. The van der Waals surface area contributed by atoms with E-state index < -0.39 is 0 Å². The maximum atomic E-state index is 12.0. The third-order valence-electron chi connectivity index (χ3n) is 2.33. The van der Waals surface area contributed by atoms with Gasteiger partial charge in [0.1, 0.15) is 0 Å². The second-order valence-electron chi connectivity index (χ2n) is 3.57. The van der Waals surface area contributed by atoms with E-state index in [1.807, 2.05) is 24.4 Å². The number of thiophene rings is 1. The third kappa shape index (κ3) is 2.84. The molecule has 2 rings (SSSR count). The number of halogens is 1. The van der Waals surface area contributed by atoms with Crippen LogP contribution < -0.4 is 5.32 Å². The van der Waals surface area contributed by atoms with Gasteiger partial charge >= 0.3 is 0 Å². The van der Waals surface area contributed by atoms with Gasteiger partial charge in [0.25, 0.3) is 5.91 Å². The molecule has 2 aromatic heterocycles. The van der Waals surface area contributed by atoms with Crippen LogP contribution >= 0.6 is 22.9 Å². The number of carbonyl (C=O) groups excluding carboxylic acids is 1. The maximum absolute atomic E-state index is 12.0. The average molecular weight is 267 g/mol. The van der Waals surface area contributed by atoms with Gasteiger partial charge in [0.15, 0.2) is 0 Å². The molecule has 5 heteroatoms. The van der Waals surface area contributed by atoms with Crippen LogP contribution in [0.15, 0.2) is 36.0 Å². The van der Waals surface area contributed by atoms with Crippen molar-refractivity contribution in [3.63, 3.8) is 0 Å². The van der Waals surface area contributed by atoms with E-state index in [2.05, 4.69) is 10.3 Å². The Bertz CT molecular complexity index is 513. The second kappa shape index (κ2) is 5.29. The molecule has 1 atom stereocenters. The zero-order chi connectivity index (χ0) is 12.3. The first kappa shape index (κ1) is 12.1. The molecule has 1 N–H and O–H groups in total. The predicted molar refractivity (Wildman–Crippen MR) is 69.4 cm³/mol. The van der Waals surface area contributed by atoms with Gasteiger partial charge in [0, 0.05) is 17.3 Å². The fraction of sp³-hybridized carbons (Fsp3) is 0.167. The number of hydrogen-bond acceptors (Lipinski definition) is 3. The molecule has 0 aromatic carbocycles. The van der Waals surface area contributed by atoms with Crippen LogP contribution in [0.1, 0.15) is 28.2 Å². The highest BCUT2D eigenvalue weighted by Gasteiger charge is 2.14. The Hall–Kier alpha value is -1.39. The van der Waals surface area contributed by atoms with Crippen LogP contribution in [-0.4, -0.2) is 10.9 Å². The first-order chi connectivity index (χ1) is 8.18. The van der Waals surface area contributed by atoms with Gasteiger partial charge in [-0.1, -0.05) is 17.7 Å². The average Bonchev–Trinajstić information content (AvgIpc) is 2.82. The summed E-state index contributed by atoms with van der Waals surface area (Å²) in [5.41, 5.74) is 0.449. The maximum Gasteiger partial charge on any atom is 0.253 e. The van der Waals surface area contributed by atoms with Crippen molar-refractivity contribution >= 4 is 28.8 Å². The molecule has 1 unspecified atom stereocenters. The van der Waals surface area contributed by atoms with Gasteiger partial charge in [0.05, 0.1) is 16.6 Å². The van der Waals surface area contributed by atoms with Gasteiger partial charge in [-0.25, -0.2) is 0 Å². The molecule has 88 valence electrons. The van der Waals surface area contributed by atoms with Gasteiger partial charge in [-0.3, -0.25) is 9.78 Å². The van der Waals surface area contributed by atoms with E-state index in [1.165, 1.54) is 6.20 Å². The number of hydrogen-bond donors (Lipinski definition) is 1. The summed E-state index contributed by atoms with van der Waals surface area (Å²) < 4.78 is 0. The van der Waals surface area contributed by atoms with E-state index in [9.17, 15) is 4.79 Å². The molecule has 0 saturated heterocycles. The summed E-state index contributed by atoms with van der Waals surface area (Å²) in [5.74, 6) is -0.182. The minimum absolute atomic E-state index is 0.0215. The van der Waals surface area contributed by atoms with Crippen LogP contribution in [0.5, 0.6) is 0 Å². The highest BCUT2D eigenvalue weighted by molar-refractivity contribution is 7.10. The zero-order valence-electron chi connectivity index (χ0n) is 9.18. The van der Waals surface area contributed by atoms with Crippen molar-refractivity contribution in [2.24, 2.45) is 0 Å². The summed E-state index contributed by atoms with van der Waals surface area (Å²) in [4.78, 5) is 16.9. The standard InChI is InChI=1S/C12H11ClN2OS/c1-8(11-3-2-6-17-11)15-12(16)9-4-5-14-7-10(9)13/h2-8H,1H3,(H,15,16). The lowest BCUT2D eigenvalue weighted by Crippen LogP contribution is -2.26. The van der Waals surface area contributed by atoms with Crippen LogP contribution in [0.2, 0.25) is 5.02 Å². The highest BCUT2D eigenvalue weighted by atomic mass is 35.5. The fourth-order valence-electron chi connectivity index (χ4n) is 1.44. The Kier molecular flexibility index (Phi) is 3.76. The summed E-state index contributed by atoms with van der Waals surface area (Å²) in [5, 5.41) is 5.25. The van der Waals surface area contributed by atoms with Crippen molar-refractivity contribution in [3.05, 3.63) is 51.4 Å². The van der Waals surface area contributed by atoms with Crippen LogP contribution in [0, 0.1) is 0 Å². The molecule has 2 aromatic rings. The van der Waals surface area contributed by atoms with Crippen LogP contribution in [0.25, 0.3) is 0 Å². The molecule has 0 spiro atoms. The summed E-state index contributed by atoms with van der Waals surface area (Å²) >= 11 is 7.52. The van der Waals surface area contributed by atoms with Crippen molar-refractivity contribution in [2.45, 2.75) is 13.0 Å². The molecule has 0 aliphatic rings. The van der Waals surface area contributed by atoms with Crippen molar-refractivity contribution in [1.29, 1.82) is 0 Å². The molecule has 2 heterocycles. The van der Waals surface area contributed by atoms with Crippen molar-refractivity contribution < 1.29 is 4.79 Å². The van der Waals surface area contributed by atoms with Crippen molar-refractivity contribution in [3.8, 4) is 0 Å². The third-order valence-corrected chi connectivity index (χ3v) is 3.69. The smallest absolute Gasteiger partial charge is 0.253 e. The largest absolute Gasteiger partial charge is 0.345 e. The lowest BCUT2D eigenvalue weighted by Gasteiger charge is -2.12. The topological polar surface area (TPSA) is 42.0 Å². The molecule has 0 aliphatic carbocycles. The Labute approximate surface area is 108 Å². The molecule has 1 amide bonds. The van der Waals surface area contributed by atoms with E-state index >= 15 is 0 Å². The lowest BCUT2D eigenvalue weighted by atomic mass is 10.2. The van der Waals surface area contributed by atoms with E-state index in [1.54, 1.807) is 23.6 Å². The summed E-state index contributed by atoms with van der Waals surface area (Å²) in [6, 6.07) is 5.54. The molecular weight excluding hydrogens is 256 g/mol. The second-order valence-corrected chi connectivity index (χ2v) is 4.95. The fourth-order valence-corrected chi connectivity index (χ4v) is 2.38. The Morgan fingerprint density at radius 2 is 2.35 bits per heavy atom. The van der Waals surface area contributed by atoms with E-state index in [4.69, 9.17) is 11.6 Å². The van der Waals surface area contributed by atoms with E-state index in [-0.39, 0.29) is 11.9 Å². The van der Waals surface area contributed by atoms with E-state index in [0.29, 0.717) is 10.6 Å². The number of nitrogens with one attached hydrogen (secondary N) is 1. The first-order valence-electron chi connectivity index (χ1n) is 5.12. The normalized spacial score (nSPS) is 12.1. The van der Waals surface area contributed by atoms with Crippen LogP contribution in [-0.2, 0) is 0 Å². The van der Waals surface area contributed by atoms with E-state index in [0.717, 1.165) is 4.88 Å². The van der Waals surface area contributed by atoms with Gasteiger partial charge in [-0.05, 0) is 24.4 Å². The number of pyridine rings is 1. The summed E-state index contributed by atoms with van der Waals surface area (Å²) in [6.07, 6.45) is 3.02. The van der Waals surface area contributed by atoms with Crippen LogP contribution in [0.4, 0.5) is 0 Å². The number of nitrogens with zero attached hydrogens (tertiary/aromatic N) is 1. The molecule has 0 bridgehead atoms. The number of aromatic nitrogens is 1. The predicted octanol–water partition coefficient (Wildman–Crippen LogP) is 3.29. The van der Waals surface area contributed by atoms with Crippen molar-refractivity contribution in [1.82, 2.24) is 10.3 Å². The van der Waals surface area contributed by atoms with Gasteiger partial charge in [0.2, 0.25) is 0 Å². The van der Waals surface area contributed by atoms with Gasteiger partial charge < -0.3 is 5.32 Å². The molecular formula is C12H11ClN2OS. The molecule has 0 radical (unpaired) electrons. The lowest BCUT2D eigenvalue weighted by molar-refractivity contribution is 0.0940.